The van der Waals surface area contributed by atoms with Gasteiger partial charge in [0, 0.05) is 26.4 Å². The molecule has 53 heavy (non-hydrogen) atoms. The standard InChI is InChI=1S/2C21H36O5.Zr/c2*1-4-7-14-23-17-21(26-22,18-24-15-8-5-2)19-10-12-20(13-11-19)25-16-9-6-3;/h2*10-13,22H,4-9,14-18H2,1-3H3;/q;;+2/p-2. The fraction of sp³-hybridized carbons (Fsp3) is 0.714. The van der Waals surface area contributed by atoms with Crippen LogP contribution >= 0.6 is 0 Å². The van der Waals surface area contributed by atoms with E-state index in [0.717, 1.165) is 99.7 Å². The zero-order chi connectivity index (χ0) is 38.2. The Hall–Kier alpha value is -1.40. The molecule has 0 unspecified atom stereocenters. The van der Waals surface area contributed by atoms with E-state index in [1.54, 1.807) is 0 Å². The second-order valence-corrected chi connectivity index (χ2v) is 13.2. The molecule has 2 aromatic rings. The normalized spacial score (nSPS) is 11.5. The minimum Gasteiger partial charge on any atom is -0.722 e. The van der Waals surface area contributed by atoms with Crippen LogP contribution < -0.4 is 20.0 Å². The third-order valence-electron chi connectivity index (χ3n) is 8.52. The first kappa shape index (κ1) is 51.6. The molecule has 0 spiro atoms. The SMILES string of the molecule is CCCCOCC(COCCCC)(O[O-])c1ccc(OCCCC)cc1.CCCCOCC(COCCCC)(O[O-])c1ccc(OCCCC)cc1.[Zr+2]. The summed E-state index contributed by atoms with van der Waals surface area (Å²) in [6.45, 7) is 17.2. The van der Waals surface area contributed by atoms with Crippen LogP contribution in [-0.4, -0.2) is 66.1 Å². The Bertz CT molecular complexity index is 961. The Morgan fingerprint density at radius 3 is 0.868 bits per heavy atom. The molecule has 0 saturated heterocycles. The van der Waals surface area contributed by atoms with Crippen molar-refractivity contribution in [3.63, 3.8) is 0 Å². The number of hydrogen-bond donors (Lipinski definition) is 0. The molecule has 0 aliphatic heterocycles. The first-order valence-corrected chi connectivity index (χ1v) is 19.8. The zero-order valence-corrected chi connectivity index (χ0v) is 36.2. The van der Waals surface area contributed by atoms with Crippen molar-refractivity contribution in [1.29, 1.82) is 0 Å². The average Bonchev–Trinajstić information content (AvgIpc) is 3.18. The molecule has 0 aliphatic carbocycles. The van der Waals surface area contributed by atoms with Gasteiger partial charge in [0.1, 0.15) is 22.7 Å². The topological polar surface area (TPSA) is 120 Å². The Kier molecular flexibility index (Phi) is 33.0. The van der Waals surface area contributed by atoms with Crippen LogP contribution in [-0.2, 0) is 66.1 Å². The molecule has 0 heterocycles. The summed E-state index contributed by atoms with van der Waals surface area (Å²) in [5.74, 6) is 1.58. The fourth-order valence-corrected chi connectivity index (χ4v) is 4.92. The van der Waals surface area contributed by atoms with Gasteiger partial charge in [-0.3, -0.25) is 0 Å². The zero-order valence-electron chi connectivity index (χ0n) is 33.8. The Labute approximate surface area is 340 Å². The van der Waals surface area contributed by atoms with Crippen molar-refractivity contribution < 1.29 is 74.9 Å². The molecular formula is C42H70O10Zr. The number of rotatable bonds is 32. The smallest absolute Gasteiger partial charge is 0.722 e. The number of ether oxygens (including phenoxy) is 6. The van der Waals surface area contributed by atoms with E-state index in [9.17, 15) is 10.5 Å². The predicted octanol–water partition coefficient (Wildman–Crippen LogP) is 7.97. The fourth-order valence-electron chi connectivity index (χ4n) is 4.92. The molecule has 10 nitrogen and oxygen atoms in total. The molecule has 0 amide bonds. The van der Waals surface area contributed by atoms with Crippen molar-refractivity contribution in [2.75, 3.05) is 66.1 Å². The Balaban J connectivity index is 0.00000100. The molecule has 0 radical (unpaired) electrons. The Morgan fingerprint density at radius 1 is 0.396 bits per heavy atom. The molecule has 302 valence electrons. The largest absolute Gasteiger partial charge is 2.00 e. The molecule has 0 aromatic heterocycles. The molecule has 0 N–H and O–H groups in total. The van der Waals surface area contributed by atoms with Gasteiger partial charge in [0.25, 0.3) is 0 Å². The van der Waals surface area contributed by atoms with Crippen LogP contribution in [0.4, 0.5) is 0 Å². The quantitative estimate of drug-likeness (QED) is 0.0408. The van der Waals surface area contributed by atoms with Crippen LogP contribution in [0.5, 0.6) is 11.5 Å². The van der Waals surface area contributed by atoms with Crippen molar-refractivity contribution in [1.82, 2.24) is 0 Å². The van der Waals surface area contributed by atoms with Crippen molar-refractivity contribution in [3.05, 3.63) is 59.7 Å². The summed E-state index contributed by atoms with van der Waals surface area (Å²) < 4.78 is 34.2. The number of unbranched alkanes of at least 4 members (excludes halogenated alkanes) is 6. The number of hydrogen-bond acceptors (Lipinski definition) is 10. The van der Waals surface area contributed by atoms with Crippen LogP contribution in [0.25, 0.3) is 0 Å². The van der Waals surface area contributed by atoms with Gasteiger partial charge in [0.15, 0.2) is 0 Å². The number of benzene rings is 2. The van der Waals surface area contributed by atoms with Gasteiger partial charge in [0.2, 0.25) is 0 Å². The van der Waals surface area contributed by atoms with Crippen LogP contribution in [0.3, 0.4) is 0 Å². The summed E-state index contributed by atoms with van der Waals surface area (Å²) >= 11 is 0. The molecule has 2 rings (SSSR count). The van der Waals surface area contributed by atoms with E-state index in [1.165, 1.54) is 0 Å². The maximum Gasteiger partial charge on any atom is 2.00 e. The van der Waals surface area contributed by atoms with Gasteiger partial charge < -0.3 is 48.7 Å². The van der Waals surface area contributed by atoms with Gasteiger partial charge in [-0.2, -0.15) is 0 Å². The van der Waals surface area contributed by atoms with E-state index >= 15 is 0 Å². The van der Waals surface area contributed by atoms with Crippen LogP contribution in [0.1, 0.15) is 130 Å². The summed E-state index contributed by atoms with van der Waals surface area (Å²) in [7, 11) is 0. The maximum atomic E-state index is 11.7. The minimum atomic E-state index is -1.14. The van der Waals surface area contributed by atoms with Crippen molar-refractivity contribution in [2.24, 2.45) is 0 Å². The third kappa shape index (κ3) is 21.5. The van der Waals surface area contributed by atoms with Crippen molar-refractivity contribution >= 4 is 0 Å². The molecule has 11 heteroatoms. The molecule has 0 bridgehead atoms. The average molecular weight is 826 g/mol. The molecular weight excluding hydrogens is 756 g/mol. The summed E-state index contributed by atoms with van der Waals surface area (Å²) in [6, 6.07) is 15.0. The van der Waals surface area contributed by atoms with Gasteiger partial charge in [-0.05, 0) is 73.9 Å². The van der Waals surface area contributed by atoms with E-state index in [2.05, 4.69) is 51.3 Å². The molecule has 0 aliphatic rings. The molecule has 0 atom stereocenters. The van der Waals surface area contributed by atoms with Crippen LogP contribution in [0, 0.1) is 0 Å². The van der Waals surface area contributed by atoms with Gasteiger partial charge in [-0.1, -0.05) is 104 Å². The molecule has 0 fully saturated rings. The van der Waals surface area contributed by atoms with Gasteiger partial charge in [-0.15, -0.1) is 0 Å². The maximum absolute atomic E-state index is 11.7. The minimum absolute atomic E-state index is 0. The first-order chi connectivity index (χ1) is 25.4. The Morgan fingerprint density at radius 2 is 0.642 bits per heavy atom. The van der Waals surface area contributed by atoms with Gasteiger partial charge >= 0.3 is 26.2 Å². The predicted molar refractivity (Wildman–Crippen MR) is 202 cm³/mol. The van der Waals surface area contributed by atoms with E-state index in [4.69, 9.17) is 28.4 Å². The summed E-state index contributed by atoms with van der Waals surface area (Å²) in [4.78, 5) is 9.36. The van der Waals surface area contributed by atoms with E-state index in [1.807, 2.05) is 48.5 Å². The second kappa shape index (κ2) is 33.9. The van der Waals surface area contributed by atoms with Gasteiger partial charge in [-0.25, -0.2) is 0 Å². The van der Waals surface area contributed by atoms with E-state index in [0.29, 0.717) is 39.6 Å². The van der Waals surface area contributed by atoms with Crippen molar-refractivity contribution in [2.45, 2.75) is 130 Å². The summed E-state index contributed by atoms with van der Waals surface area (Å²) in [5, 5.41) is 23.4. The van der Waals surface area contributed by atoms with Gasteiger partial charge in [0.05, 0.1) is 39.6 Å². The first-order valence-electron chi connectivity index (χ1n) is 19.8. The van der Waals surface area contributed by atoms with E-state index in [-0.39, 0.29) is 52.6 Å². The summed E-state index contributed by atoms with van der Waals surface area (Å²) in [5.41, 5.74) is -0.765. The third-order valence-corrected chi connectivity index (χ3v) is 8.52. The van der Waals surface area contributed by atoms with Crippen molar-refractivity contribution in [3.8, 4) is 11.5 Å². The summed E-state index contributed by atoms with van der Waals surface area (Å²) in [6.07, 6.45) is 12.2. The molecule has 2 aromatic carbocycles. The van der Waals surface area contributed by atoms with Crippen LogP contribution in [0.2, 0.25) is 0 Å². The second-order valence-electron chi connectivity index (χ2n) is 13.2. The molecule has 0 saturated carbocycles. The van der Waals surface area contributed by atoms with Crippen LogP contribution in [0.15, 0.2) is 48.5 Å². The monoisotopic (exact) mass is 824 g/mol. The van der Waals surface area contributed by atoms with E-state index < -0.39 is 11.2 Å².